The lowest BCUT2D eigenvalue weighted by atomic mass is 10.2. The van der Waals surface area contributed by atoms with E-state index in [1.54, 1.807) is 6.20 Å². The van der Waals surface area contributed by atoms with Crippen LogP contribution in [0.2, 0.25) is 0 Å². The third-order valence-electron chi connectivity index (χ3n) is 2.29. The molecule has 0 atom stereocenters. The van der Waals surface area contributed by atoms with Crippen molar-refractivity contribution in [2.45, 2.75) is 26.8 Å². The molecule has 0 aromatic carbocycles. The van der Waals surface area contributed by atoms with Crippen LogP contribution in [0.1, 0.15) is 24.6 Å². The Morgan fingerprint density at radius 3 is 2.88 bits per heavy atom. The summed E-state index contributed by atoms with van der Waals surface area (Å²) in [6, 6.07) is 3.92. The molecule has 0 saturated carbocycles. The van der Waals surface area contributed by atoms with E-state index in [0.29, 0.717) is 13.1 Å². The van der Waals surface area contributed by atoms with Crippen molar-refractivity contribution >= 4 is 18.3 Å². The van der Waals surface area contributed by atoms with Crippen LogP contribution >= 0.6 is 12.4 Å². The number of aryl methyl sites for hydroxylation is 1. The van der Waals surface area contributed by atoms with Gasteiger partial charge in [-0.1, -0.05) is 13.0 Å². The number of rotatable bonds is 6. The summed E-state index contributed by atoms with van der Waals surface area (Å²) in [6.45, 7) is 5.78. The second kappa shape index (κ2) is 8.96. The van der Waals surface area contributed by atoms with Gasteiger partial charge in [-0.2, -0.15) is 0 Å². The molecule has 0 aliphatic carbocycles. The minimum atomic E-state index is 0. The predicted molar refractivity (Wildman–Crippen MR) is 71.2 cm³/mol. The number of aromatic nitrogens is 1. The Labute approximate surface area is 109 Å². The van der Waals surface area contributed by atoms with E-state index in [-0.39, 0.29) is 18.3 Å². The fraction of sp³-hybridized carbons (Fsp3) is 0.500. The van der Waals surface area contributed by atoms with Crippen molar-refractivity contribution in [2.24, 2.45) is 0 Å². The van der Waals surface area contributed by atoms with E-state index in [0.717, 1.165) is 24.2 Å². The van der Waals surface area contributed by atoms with Gasteiger partial charge in [0, 0.05) is 25.0 Å². The number of carbonyl (C=O) groups excluding carboxylic acids is 1. The first kappa shape index (κ1) is 15.9. The van der Waals surface area contributed by atoms with Crippen molar-refractivity contribution in [1.29, 1.82) is 0 Å². The summed E-state index contributed by atoms with van der Waals surface area (Å²) in [4.78, 5) is 15.5. The third-order valence-corrected chi connectivity index (χ3v) is 2.29. The second-order valence-corrected chi connectivity index (χ2v) is 3.70. The normalized spacial score (nSPS) is 9.53. The van der Waals surface area contributed by atoms with Gasteiger partial charge >= 0.3 is 0 Å². The molecule has 2 N–H and O–H groups in total. The van der Waals surface area contributed by atoms with Crippen LogP contribution in [-0.2, 0) is 11.3 Å². The first-order valence-corrected chi connectivity index (χ1v) is 5.62. The highest BCUT2D eigenvalue weighted by Gasteiger charge is 2.01. The summed E-state index contributed by atoms with van der Waals surface area (Å²) in [5, 5.41) is 5.92. The Hall–Kier alpha value is -1.13. The molecule has 1 heterocycles. The number of hydrogen-bond donors (Lipinski definition) is 2. The lowest BCUT2D eigenvalue weighted by Crippen LogP contribution is -2.34. The molecule has 0 fully saturated rings. The minimum absolute atomic E-state index is 0. The zero-order chi connectivity index (χ0) is 11.8. The maximum atomic E-state index is 11.3. The van der Waals surface area contributed by atoms with Gasteiger partial charge in [0.2, 0.25) is 5.91 Å². The van der Waals surface area contributed by atoms with Crippen LogP contribution in [0.15, 0.2) is 18.3 Å². The van der Waals surface area contributed by atoms with E-state index in [4.69, 9.17) is 0 Å². The summed E-state index contributed by atoms with van der Waals surface area (Å²) < 4.78 is 0. The number of pyridine rings is 1. The van der Waals surface area contributed by atoms with Crippen molar-refractivity contribution in [1.82, 2.24) is 15.6 Å². The lowest BCUT2D eigenvalue weighted by Gasteiger charge is -2.07. The maximum absolute atomic E-state index is 11.3. The number of halogens is 1. The van der Waals surface area contributed by atoms with Crippen molar-refractivity contribution < 1.29 is 4.79 Å². The molecule has 0 radical (unpaired) electrons. The minimum Gasteiger partial charge on any atom is -0.355 e. The van der Waals surface area contributed by atoms with Gasteiger partial charge in [0.05, 0.1) is 6.54 Å². The van der Waals surface area contributed by atoms with Crippen LogP contribution in [0.3, 0.4) is 0 Å². The lowest BCUT2D eigenvalue weighted by molar-refractivity contribution is -0.120. The highest BCUT2D eigenvalue weighted by molar-refractivity contribution is 5.85. The topological polar surface area (TPSA) is 54.0 Å². The van der Waals surface area contributed by atoms with Crippen LogP contribution in [0.25, 0.3) is 0 Å². The van der Waals surface area contributed by atoms with E-state index in [1.165, 1.54) is 0 Å². The quantitative estimate of drug-likeness (QED) is 0.811. The van der Waals surface area contributed by atoms with Gasteiger partial charge in [0.1, 0.15) is 0 Å². The maximum Gasteiger partial charge on any atom is 0.233 e. The van der Waals surface area contributed by atoms with Crippen molar-refractivity contribution in [3.05, 3.63) is 29.6 Å². The van der Waals surface area contributed by atoms with Gasteiger partial charge in [0.15, 0.2) is 0 Å². The van der Waals surface area contributed by atoms with Crippen LogP contribution < -0.4 is 10.6 Å². The van der Waals surface area contributed by atoms with Gasteiger partial charge < -0.3 is 10.6 Å². The van der Waals surface area contributed by atoms with Gasteiger partial charge in [-0.05, 0) is 25.0 Å². The first-order chi connectivity index (χ1) is 7.74. The Morgan fingerprint density at radius 2 is 2.24 bits per heavy atom. The molecule has 96 valence electrons. The fourth-order valence-corrected chi connectivity index (χ4v) is 1.34. The molecule has 0 aliphatic heterocycles. The van der Waals surface area contributed by atoms with Crippen molar-refractivity contribution in [3.8, 4) is 0 Å². The van der Waals surface area contributed by atoms with E-state index in [9.17, 15) is 4.79 Å². The number of hydrogen-bond acceptors (Lipinski definition) is 3. The molecule has 5 heteroatoms. The molecule has 1 aromatic rings. The molecular formula is C12H20ClN3O. The van der Waals surface area contributed by atoms with Gasteiger partial charge in [0.25, 0.3) is 0 Å². The summed E-state index contributed by atoms with van der Waals surface area (Å²) >= 11 is 0. The molecule has 1 rings (SSSR count). The molecule has 0 spiro atoms. The molecule has 0 bridgehead atoms. The smallest absolute Gasteiger partial charge is 0.233 e. The third kappa shape index (κ3) is 6.24. The molecule has 1 aromatic heterocycles. The van der Waals surface area contributed by atoms with Crippen LogP contribution in [0.5, 0.6) is 0 Å². The summed E-state index contributed by atoms with van der Waals surface area (Å²) in [5.74, 6) is 0.0448. The monoisotopic (exact) mass is 257 g/mol. The van der Waals surface area contributed by atoms with E-state index >= 15 is 0 Å². The predicted octanol–water partition coefficient (Wildman–Crippen LogP) is 1.43. The average Bonchev–Trinajstić information content (AvgIpc) is 2.29. The Bertz CT molecular complexity index is 344. The Kier molecular flexibility index (Phi) is 8.36. The summed E-state index contributed by atoms with van der Waals surface area (Å²) in [7, 11) is 0. The Balaban J connectivity index is 0.00000256. The van der Waals surface area contributed by atoms with Crippen molar-refractivity contribution in [3.63, 3.8) is 0 Å². The van der Waals surface area contributed by atoms with E-state index < -0.39 is 0 Å². The largest absolute Gasteiger partial charge is 0.355 e. The number of nitrogens with one attached hydrogen (secondary N) is 2. The number of nitrogens with zero attached hydrogens (tertiary/aromatic N) is 1. The highest BCUT2D eigenvalue weighted by atomic mass is 35.5. The zero-order valence-corrected chi connectivity index (χ0v) is 11.1. The first-order valence-electron chi connectivity index (χ1n) is 5.62. The zero-order valence-electron chi connectivity index (χ0n) is 10.3. The molecular weight excluding hydrogens is 238 g/mol. The van der Waals surface area contributed by atoms with Gasteiger partial charge in [-0.3, -0.25) is 9.78 Å². The fourth-order valence-electron chi connectivity index (χ4n) is 1.34. The molecule has 0 saturated heterocycles. The molecule has 0 unspecified atom stereocenters. The average molecular weight is 258 g/mol. The SMILES string of the molecule is CCCNC(=O)CNCc1cccnc1C.Cl. The molecule has 0 aliphatic rings. The highest BCUT2D eigenvalue weighted by Crippen LogP contribution is 2.01. The van der Waals surface area contributed by atoms with Crippen molar-refractivity contribution in [2.75, 3.05) is 13.1 Å². The van der Waals surface area contributed by atoms with Gasteiger partial charge in [-0.15, -0.1) is 12.4 Å². The van der Waals surface area contributed by atoms with Crippen LogP contribution in [0.4, 0.5) is 0 Å². The summed E-state index contributed by atoms with van der Waals surface area (Å²) in [6.07, 6.45) is 2.74. The number of carbonyl (C=O) groups is 1. The van der Waals surface area contributed by atoms with Crippen LogP contribution in [-0.4, -0.2) is 24.0 Å². The van der Waals surface area contributed by atoms with Crippen LogP contribution in [0, 0.1) is 6.92 Å². The second-order valence-electron chi connectivity index (χ2n) is 3.70. The Morgan fingerprint density at radius 1 is 1.47 bits per heavy atom. The summed E-state index contributed by atoms with van der Waals surface area (Å²) in [5.41, 5.74) is 2.13. The molecule has 1 amide bonds. The molecule has 4 nitrogen and oxygen atoms in total. The van der Waals surface area contributed by atoms with Gasteiger partial charge in [-0.25, -0.2) is 0 Å². The number of amides is 1. The standard InChI is InChI=1S/C12H19N3O.ClH/c1-3-6-15-12(16)9-13-8-11-5-4-7-14-10(11)2;/h4-5,7,13H,3,6,8-9H2,1-2H3,(H,15,16);1H. The van der Waals surface area contributed by atoms with E-state index in [1.807, 2.05) is 26.0 Å². The molecule has 17 heavy (non-hydrogen) atoms. The van der Waals surface area contributed by atoms with E-state index in [2.05, 4.69) is 15.6 Å².